The first kappa shape index (κ1) is 17.3. The van der Waals surface area contributed by atoms with E-state index in [1.807, 2.05) is 12.1 Å². The zero-order chi connectivity index (χ0) is 15.7. The number of para-hydroxylation sites is 1. The Labute approximate surface area is 128 Å². The van der Waals surface area contributed by atoms with Gasteiger partial charge in [-0.2, -0.15) is 0 Å². The Morgan fingerprint density at radius 2 is 2.00 bits per heavy atom. The van der Waals surface area contributed by atoms with E-state index in [9.17, 15) is 4.79 Å². The van der Waals surface area contributed by atoms with E-state index in [1.54, 1.807) is 13.0 Å². The number of ether oxygens (including phenoxy) is 1. The second-order valence-corrected chi connectivity index (χ2v) is 5.26. The number of anilines is 2. The molecule has 0 heterocycles. The summed E-state index contributed by atoms with van der Waals surface area (Å²) in [6.45, 7) is 6.51. The SMILES string of the molecule is CCCCC(CCC)Nc1cccc(C(=O)OCC)c1N. The Bertz CT molecular complexity index is 446. The van der Waals surface area contributed by atoms with Crippen LogP contribution in [0.1, 0.15) is 63.2 Å². The molecule has 4 heteroatoms. The molecule has 0 aromatic heterocycles. The van der Waals surface area contributed by atoms with E-state index in [4.69, 9.17) is 10.5 Å². The average Bonchev–Trinajstić information content (AvgIpc) is 2.47. The average molecular weight is 292 g/mol. The molecule has 1 atom stereocenters. The highest BCUT2D eigenvalue weighted by Gasteiger charge is 2.15. The fraction of sp³-hybridized carbons (Fsp3) is 0.588. The molecular formula is C17H28N2O2. The van der Waals surface area contributed by atoms with Crippen molar-refractivity contribution in [2.45, 2.75) is 58.9 Å². The molecule has 0 amide bonds. The van der Waals surface area contributed by atoms with Crippen molar-refractivity contribution >= 4 is 17.3 Å². The minimum absolute atomic E-state index is 0.352. The van der Waals surface area contributed by atoms with E-state index in [0.29, 0.717) is 23.9 Å². The molecule has 1 rings (SSSR count). The van der Waals surface area contributed by atoms with Gasteiger partial charge in [0.25, 0.3) is 0 Å². The minimum atomic E-state index is -0.362. The lowest BCUT2D eigenvalue weighted by Gasteiger charge is -2.21. The molecule has 0 saturated carbocycles. The third-order valence-corrected chi connectivity index (χ3v) is 3.50. The second kappa shape index (κ2) is 9.27. The van der Waals surface area contributed by atoms with Gasteiger partial charge in [-0.3, -0.25) is 0 Å². The second-order valence-electron chi connectivity index (χ2n) is 5.26. The van der Waals surface area contributed by atoms with E-state index < -0.39 is 0 Å². The van der Waals surface area contributed by atoms with Gasteiger partial charge in [-0.1, -0.05) is 39.2 Å². The van der Waals surface area contributed by atoms with Crippen molar-refractivity contribution in [2.24, 2.45) is 0 Å². The molecule has 0 bridgehead atoms. The standard InChI is InChI=1S/C17H28N2O2/c1-4-7-10-13(9-5-2)19-15-12-8-11-14(16(15)18)17(20)21-6-3/h8,11-13,19H,4-7,9-10,18H2,1-3H3. The van der Waals surface area contributed by atoms with Crippen LogP contribution in [0.5, 0.6) is 0 Å². The number of esters is 1. The Kier molecular flexibility index (Phi) is 7.65. The van der Waals surface area contributed by atoms with Crippen molar-refractivity contribution in [3.05, 3.63) is 23.8 Å². The molecule has 118 valence electrons. The predicted octanol–water partition coefficient (Wildman–Crippen LogP) is 4.22. The molecule has 0 radical (unpaired) electrons. The van der Waals surface area contributed by atoms with Crippen molar-refractivity contribution in [3.63, 3.8) is 0 Å². The molecular weight excluding hydrogens is 264 g/mol. The molecule has 1 aromatic rings. The van der Waals surface area contributed by atoms with E-state index >= 15 is 0 Å². The summed E-state index contributed by atoms with van der Waals surface area (Å²) in [5, 5.41) is 3.49. The number of hydrogen-bond donors (Lipinski definition) is 2. The molecule has 0 aliphatic heterocycles. The largest absolute Gasteiger partial charge is 0.462 e. The van der Waals surface area contributed by atoms with Crippen LogP contribution in [0.4, 0.5) is 11.4 Å². The summed E-state index contributed by atoms with van der Waals surface area (Å²) in [4.78, 5) is 11.9. The Morgan fingerprint density at radius 3 is 2.62 bits per heavy atom. The Balaban J connectivity index is 2.86. The number of nitrogen functional groups attached to an aromatic ring is 1. The number of rotatable bonds is 9. The zero-order valence-corrected chi connectivity index (χ0v) is 13.4. The normalized spacial score (nSPS) is 12.0. The van der Waals surface area contributed by atoms with Gasteiger partial charge < -0.3 is 15.8 Å². The van der Waals surface area contributed by atoms with Crippen LogP contribution < -0.4 is 11.1 Å². The summed E-state index contributed by atoms with van der Waals surface area (Å²) < 4.78 is 5.03. The van der Waals surface area contributed by atoms with Crippen molar-refractivity contribution in [1.82, 2.24) is 0 Å². The predicted molar refractivity (Wildman–Crippen MR) is 88.7 cm³/mol. The van der Waals surface area contributed by atoms with E-state index in [1.165, 1.54) is 12.8 Å². The number of carbonyl (C=O) groups is 1. The number of nitrogens with one attached hydrogen (secondary N) is 1. The molecule has 1 unspecified atom stereocenters. The summed E-state index contributed by atoms with van der Waals surface area (Å²) in [6.07, 6.45) is 5.71. The van der Waals surface area contributed by atoms with Crippen LogP contribution in [0.15, 0.2) is 18.2 Å². The lowest BCUT2D eigenvalue weighted by molar-refractivity contribution is 0.0527. The van der Waals surface area contributed by atoms with Gasteiger partial charge in [0, 0.05) is 6.04 Å². The van der Waals surface area contributed by atoms with Crippen LogP contribution in [-0.4, -0.2) is 18.6 Å². The summed E-state index contributed by atoms with van der Waals surface area (Å²) in [6, 6.07) is 5.87. The summed E-state index contributed by atoms with van der Waals surface area (Å²) in [7, 11) is 0. The van der Waals surface area contributed by atoms with Crippen molar-refractivity contribution in [2.75, 3.05) is 17.7 Å². The third kappa shape index (κ3) is 5.29. The fourth-order valence-corrected chi connectivity index (χ4v) is 2.39. The summed E-state index contributed by atoms with van der Waals surface area (Å²) in [5.41, 5.74) is 7.87. The number of carbonyl (C=O) groups excluding carboxylic acids is 1. The Hall–Kier alpha value is -1.71. The summed E-state index contributed by atoms with van der Waals surface area (Å²) >= 11 is 0. The van der Waals surface area contributed by atoms with Gasteiger partial charge in [-0.05, 0) is 31.9 Å². The topological polar surface area (TPSA) is 64.3 Å². The van der Waals surface area contributed by atoms with Crippen molar-refractivity contribution in [3.8, 4) is 0 Å². The Morgan fingerprint density at radius 1 is 1.24 bits per heavy atom. The maximum Gasteiger partial charge on any atom is 0.340 e. The molecule has 0 aliphatic rings. The molecule has 0 saturated heterocycles. The van der Waals surface area contributed by atoms with Gasteiger partial charge in [-0.25, -0.2) is 4.79 Å². The van der Waals surface area contributed by atoms with Crippen molar-refractivity contribution in [1.29, 1.82) is 0 Å². The molecule has 0 aliphatic carbocycles. The van der Waals surface area contributed by atoms with Crippen LogP contribution in [-0.2, 0) is 4.74 Å². The van der Waals surface area contributed by atoms with Gasteiger partial charge in [0.2, 0.25) is 0 Å². The van der Waals surface area contributed by atoms with Crippen LogP contribution in [0.3, 0.4) is 0 Å². The van der Waals surface area contributed by atoms with Gasteiger partial charge >= 0.3 is 5.97 Å². The fourth-order valence-electron chi connectivity index (χ4n) is 2.39. The molecule has 4 nitrogen and oxygen atoms in total. The molecule has 0 spiro atoms. The smallest absolute Gasteiger partial charge is 0.340 e. The van der Waals surface area contributed by atoms with Gasteiger partial charge in [0.15, 0.2) is 0 Å². The zero-order valence-electron chi connectivity index (χ0n) is 13.4. The van der Waals surface area contributed by atoms with E-state index in [-0.39, 0.29) is 5.97 Å². The number of hydrogen-bond acceptors (Lipinski definition) is 4. The van der Waals surface area contributed by atoms with Crippen molar-refractivity contribution < 1.29 is 9.53 Å². The number of nitrogens with two attached hydrogens (primary N) is 1. The summed E-state index contributed by atoms with van der Waals surface area (Å²) in [5.74, 6) is -0.362. The van der Waals surface area contributed by atoms with Gasteiger partial charge in [0.05, 0.1) is 23.5 Å². The monoisotopic (exact) mass is 292 g/mol. The van der Waals surface area contributed by atoms with Crippen LogP contribution in [0, 0.1) is 0 Å². The first-order valence-electron chi connectivity index (χ1n) is 7.96. The van der Waals surface area contributed by atoms with Crippen LogP contribution >= 0.6 is 0 Å². The molecule has 21 heavy (non-hydrogen) atoms. The van der Waals surface area contributed by atoms with Gasteiger partial charge in [-0.15, -0.1) is 0 Å². The van der Waals surface area contributed by atoms with Gasteiger partial charge in [0.1, 0.15) is 0 Å². The quantitative estimate of drug-likeness (QED) is 0.528. The van der Waals surface area contributed by atoms with E-state index in [2.05, 4.69) is 19.2 Å². The number of benzene rings is 1. The minimum Gasteiger partial charge on any atom is -0.462 e. The molecule has 1 aromatic carbocycles. The highest BCUT2D eigenvalue weighted by Crippen LogP contribution is 2.26. The molecule has 3 N–H and O–H groups in total. The van der Waals surface area contributed by atoms with Crippen LogP contribution in [0.25, 0.3) is 0 Å². The molecule has 0 fully saturated rings. The van der Waals surface area contributed by atoms with E-state index in [0.717, 1.165) is 24.9 Å². The first-order valence-corrected chi connectivity index (χ1v) is 7.96. The highest BCUT2D eigenvalue weighted by molar-refractivity contribution is 5.98. The van der Waals surface area contributed by atoms with Crippen LogP contribution in [0.2, 0.25) is 0 Å². The third-order valence-electron chi connectivity index (χ3n) is 3.50. The lowest BCUT2D eigenvalue weighted by Crippen LogP contribution is -2.21. The number of unbranched alkanes of at least 4 members (excludes halogenated alkanes) is 1. The first-order chi connectivity index (χ1) is 10.1. The lowest BCUT2D eigenvalue weighted by atomic mass is 10.0. The maximum atomic E-state index is 11.9. The maximum absolute atomic E-state index is 11.9. The highest BCUT2D eigenvalue weighted by atomic mass is 16.5.